The van der Waals surface area contributed by atoms with E-state index in [1.54, 1.807) is 13.8 Å². The monoisotopic (exact) mass is 418 g/mol. The van der Waals surface area contributed by atoms with Gasteiger partial charge in [0.25, 0.3) is 0 Å². The molecule has 2 rings (SSSR count). The molecular formula is C18H24Y2-4. The van der Waals surface area contributed by atoms with Gasteiger partial charge in [0.15, 0.2) is 0 Å². The van der Waals surface area contributed by atoms with Gasteiger partial charge in [0.05, 0.1) is 0 Å². The first kappa shape index (κ1) is 28.8. The molecule has 2 aromatic carbocycles. The second-order valence-corrected chi connectivity index (χ2v) is 3.15. The van der Waals surface area contributed by atoms with Crippen LogP contribution in [0.25, 0.3) is 0 Å². The van der Waals surface area contributed by atoms with E-state index in [0.717, 1.165) is 0 Å². The van der Waals surface area contributed by atoms with E-state index in [2.05, 4.69) is 39.8 Å². The van der Waals surface area contributed by atoms with Gasteiger partial charge in [-0.15, -0.1) is 0 Å². The molecule has 0 aliphatic rings. The van der Waals surface area contributed by atoms with Crippen molar-refractivity contribution in [1.29, 1.82) is 0 Å². The standard InChI is InChI=1S/2C7H7.2C2H5.2Y/c2*1-7-5-3-2-4-6-7;2*1-2;;/h2*3-6H,1H3;2*1H2,2H3;;/q4*-1;;. The maximum atomic E-state index is 3.25. The fraction of sp³-hybridized carbons (Fsp3) is 0.222. The molecule has 0 saturated heterocycles. The normalized spacial score (nSPS) is 6.70. The second kappa shape index (κ2) is 24.7. The van der Waals surface area contributed by atoms with Crippen LogP contribution in [-0.2, 0) is 65.4 Å². The molecule has 0 aliphatic carbocycles. The van der Waals surface area contributed by atoms with E-state index in [4.69, 9.17) is 0 Å². The third-order valence-electron chi connectivity index (χ3n) is 1.77. The van der Waals surface area contributed by atoms with Gasteiger partial charge >= 0.3 is 0 Å². The Kier molecular flexibility index (Phi) is 35.4. The largest absolute Gasteiger partial charge is 0.346 e. The minimum absolute atomic E-state index is 0. The predicted molar refractivity (Wildman–Crippen MR) is 82.1 cm³/mol. The molecule has 0 nitrogen and oxygen atoms in total. The maximum absolute atomic E-state index is 3.25. The van der Waals surface area contributed by atoms with Crippen LogP contribution >= 0.6 is 0 Å². The van der Waals surface area contributed by atoms with E-state index in [9.17, 15) is 0 Å². The first-order chi connectivity index (χ1) is 8.79. The Labute approximate surface area is 176 Å². The van der Waals surface area contributed by atoms with Crippen LogP contribution in [-0.4, -0.2) is 0 Å². The van der Waals surface area contributed by atoms with Gasteiger partial charge in [0, 0.05) is 65.4 Å². The molecule has 2 heteroatoms. The van der Waals surface area contributed by atoms with E-state index in [1.807, 2.05) is 48.5 Å². The molecule has 20 heavy (non-hydrogen) atoms. The van der Waals surface area contributed by atoms with Crippen molar-refractivity contribution in [1.82, 2.24) is 0 Å². The van der Waals surface area contributed by atoms with Crippen LogP contribution in [0.1, 0.15) is 25.0 Å². The molecular weight excluding hydrogens is 394 g/mol. The average molecular weight is 418 g/mol. The summed E-state index contributed by atoms with van der Waals surface area (Å²) in [6.45, 7) is 14.1. The van der Waals surface area contributed by atoms with Crippen molar-refractivity contribution in [3.8, 4) is 0 Å². The van der Waals surface area contributed by atoms with Crippen LogP contribution in [0.4, 0.5) is 0 Å². The first-order valence-electron chi connectivity index (χ1n) is 6.06. The number of aryl methyl sites for hydroxylation is 2. The SMILES string of the molecule is Cc1cc[c-]cc1.Cc1cc[c-]cc1.[CH2-]C.[CH2-]C.[Y].[Y]. The Morgan fingerprint density at radius 1 is 0.600 bits per heavy atom. The number of hydrogen-bond donors (Lipinski definition) is 0. The average Bonchev–Trinajstić information content (AvgIpc) is 2.46. The molecule has 0 amide bonds. The molecule has 0 unspecified atom stereocenters. The molecule has 0 aromatic heterocycles. The summed E-state index contributed by atoms with van der Waals surface area (Å²) in [5.74, 6) is 0. The summed E-state index contributed by atoms with van der Waals surface area (Å²) in [6, 6.07) is 21.6. The zero-order valence-electron chi connectivity index (χ0n) is 13.2. The Bertz CT molecular complexity index is 307. The van der Waals surface area contributed by atoms with E-state index in [-0.39, 0.29) is 65.4 Å². The van der Waals surface area contributed by atoms with Crippen molar-refractivity contribution in [2.24, 2.45) is 0 Å². The minimum atomic E-state index is 0. The van der Waals surface area contributed by atoms with E-state index in [0.29, 0.717) is 0 Å². The van der Waals surface area contributed by atoms with E-state index >= 15 is 0 Å². The van der Waals surface area contributed by atoms with Crippen LogP contribution in [0.15, 0.2) is 48.5 Å². The summed E-state index contributed by atoms with van der Waals surface area (Å²) < 4.78 is 0. The van der Waals surface area contributed by atoms with Gasteiger partial charge in [-0.1, -0.05) is 13.8 Å². The summed E-state index contributed by atoms with van der Waals surface area (Å²) in [4.78, 5) is 0. The van der Waals surface area contributed by atoms with Crippen LogP contribution in [0.2, 0.25) is 0 Å². The number of rotatable bonds is 0. The third kappa shape index (κ3) is 21.0. The molecule has 0 heterocycles. The Morgan fingerprint density at radius 3 is 0.900 bits per heavy atom. The van der Waals surface area contributed by atoms with Gasteiger partial charge in [0.2, 0.25) is 0 Å². The molecule has 0 N–H and O–H groups in total. The van der Waals surface area contributed by atoms with Gasteiger partial charge in [-0.2, -0.15) is 85.6 Å². The molecule has 106 valence electrons. The summed E-state index contributed by atoms with van der Waals surface area (Å²) in [5, 5.41) is 0. The molecule has 0 atom stereocenters. The fourth-order valence-electron chi connectivity index (χ4n) is 0.940. The second-order valence-electron chi connectivity index (χ2n) is 3.15. The summed E-state index contributed by atoms with van der Waals surface area (Å²) in [5.41, 5.74) is 2.58. The Morgan fingerprint density at radius 2 is 0.800 bits per heavy atom. The van der Waals surface area contributed by atoms with Gasteiger partial charge in [0.1, 0.15) is 0 Å². The van der Waals surface area contributed by atoms with Crippen LogP contribution in [0.3, 0.4) is 0 Å². The zero-order chi connectivity index (χ0) is 14.2. The fourth-order valence-corrected chi connectivity index (χ4v) is 0.940. The smallest absolute Gasteiger partial charge is 0 e. The molecule has 0 bridgehead atoms. The molecule has 2 aromatic rings. The summed E-state index contributed by atoms with van der Waals surface area (Å²) in [7, 11) is 0. The summed E-state index contributed by atoms with van der Waals surface area (Å²) in [6.07, 6.45) is 0. The third-order valence-corrected chi connectivity index (χ3v) is 1.77. The van der Waals surface area contributed by atoms with Crippen molar-refractivity contribution in [2.45, 2.75) is 27.7 Å². The van der Waals surface area contributed by atoms with Crippen LogP contribution < -0.4 is 0 Å². The molecule has 0 saturated carbocycles. The Hall–Kier alpha value is 0.648. The Balaban J connectivity index is -0.0000000950. The van der Waals surface area contributed by atoms with E-state index < -0.39 is 0 Å². The van der Waals surface area contributed by atoms with Crippen LogP contribution in [0, 0.1) is 39.8 Å². The molecule has 0 spiro atoms. The van der Waals surface area contributed by atoms with Gasteiger partial charge in [-0.3, -0.25) is 0 Å². The van der Waals surface area contributed by atoms with Crippen molar-refractivity contribution >= 4 is 0 Å². The van der Waals surface area contributed by atoms with Gasteiger partial charge in [-0.05, 0) is 0 Å². The van der Waals surface area contributed by atoms with Crippen molar-refractivity contribution < 1.29 is 65.4 Å². The van der Waals surface area contributed by atoms with Crippen molar-refractivity contribution in [2.75, 3.05) is 0 Å². The molecule has 2 radical (unpaired) electrons. The van der Waals surface area contributed by atoms with Crippen molar-refractivity contribution in [3.05, 3.63) is 85.6 Å². The molecule has 0 fully saturated rings. The summed E-state index contributed by atoms with van der Waals surface area (Å²) >= 11 is 0. The topological polar surface area (TPSA) is 0 Å². The van der Waals surface area contributed by atoms with E-state index in [1.165, 1.54) is 11.1 Å². The predicted octanol–water partition coefficient (Wildman–Crippen LogP) is 5.27. The minimum Gasteiger partial charge on any atom is -0.346 e. The molecule has 0 aliphatic heterocycles. The quantitative estimate of drug-likeness (QED) is 0.512. The number of hydrogen-bond acceptors (Lipinski definition) is 0. The van der Waals surface area contributed by atoms with Crippen LogP contribution in [0.5, 0.6) is 0 Å². The maximum Gasteiger partial charge on any atom is 0 e. The van der Waals surface area contributed by atoms with Gasteiger partial charge < -0.3 is 13.8 Å². The number of benzene rings is 2. The van der Waals surface area contributed by atoms with Gasteiger partial charge in [-0.25, -0.2) is 0 Å². The first-order valence-corrected chi connectivity index (χ1v) is 6.06. The van der Waals surface area contributed by atoms with Crippen molar-refractivity contribution in [3.63, 3.8) is 0 Å². The zero-order valence-corrected chi connectivity index (χ0v) is 18.9.